The number of rotatable bonds is 2. The maximum atomic E-state index is 12.1. The average molecular weight is 216 g/mol. The molecule has 1 heterocycles. The number of Topliss-reactive ketones (excluding diaryl/α,β-unsaturated/α-hetero) is 1. The van der Waals surface area contributed by atoms with Gasteiger partial charge in [0, 0.05) is 0 Å². The summed E-state index contributed by atoms with van der Waals surface area (Å²) in [6.45, 7) is 3.32. The van der Waals surface area contributed by atoms with Crippen LogP contribution in [0, 0.1) is 0 Å². The molecule has 3 heteroatoms. The number of ether oxygens (including phenoxy) is 1. The first-order valence-electron chi connectivity index (χ1n) is 5.04. The quantitative estimate of drug-likeness (QED) is 0.562. The van der Waals surface area contributed by atoms with Crippen molar-refractivity contribution in [3.8, 4) is 5.75 Å². The number of ketones is 1. The highest BCUT2D eigenvalue weighted by Crippen LogP contribution is 2.35. The van der Waals surface area contributed by atoms with Crippen molar-refractivity contribution in [2.75, 3.05) is 0 Å². The minimum absolute atomic E-state index is 0.107. The first kappa shape index (κ1) is 10.6. The molecule has 0 spiro atoms. The summed E-state index contributed by atoms with van der Waals surface area (Å²) < 4.78 is 5.59. The maximum Gasteiger partial charge on any atom is 0.213 e. The van der Waals surface area contributed by atoms with Crippen molar-refractivity contribution >= 4 is 12.1 Å². The van der Waals surface area contributed by atoms with E-state index >= 15 is 0 Å². The van der Waals surface area contributed by atoms with Crippen LogP contribution in [0.4, 0.5) is 0 Å². The van der Waals surface area contributed by atoms with Crippen LogP contribution in [0.3, 0.4) is 0 Å². The summed E-state index contributed by atoms with van der Waals surface area (Å²) in [5, 5.41) is 0. The molecule has 3 nitrogen and oxygen atoms in total. The number of benzene rings is 1. The van der Waals surface area contributed by atoms with Crippen molar-refractivity contribution in [3.05, 3.63) is 41.5 Å². The van der Waals surface area contributed by atoms with E-state index in [0.717, 1.165) is 0 Å². The first-order chi connectivity index (χ1) is 7.57. The molecule has 0 saturated carbocycles. The third-order valence-electron chi connectivity index (χ3n) is 2.59. The summed E-state index contributed by atoms with van der Waals surface area (Å²) in [5.74, 6) is 0.467. The van der Waals surface area contributed by atoms with Gasteiger partial charge in [-0.15, -0.1) is 0 Å². The van der Waals surface area contributed by atoms with Crippen molar-refractivity contribution in [1.82, 2.24) is 0 Å². The number of carbonyl (C=O) groups excluding carboxylic acids is 2. The Morgan fingerprint density at radius 2 is 2.06 bits per heavy atom. The molecule has 0 radical (unpaired) electrons. The Kier molecular flexibility index (Phi) is 2.38. The molecule has 1 atom stereocenters. The van der Waals surface area contributed by atoms with Crippen LogP contribution in [0.5, 0.6) is 5.75 Å². The summed E-state index contributed by atoms with van der Waals surface area (Å²) in [6.07, 6.45) is 2.27. The molecule has 0 aromatic heterocycles. The Hall–Kier alpha value is -1.90. The molecule has 0 bridgehead atoms. The molecule has 1 aliphatic rings. The molecule has 0 amide bonds. The van der Waals surface area contributed by atoms with Crippen LogP contribution in [0.25, 0.3) is 0 Å². The van der Waals surface area contributed by atoms with Gasteiger partial charge in [0.25, 0.3) is 0 Å². The highest BCUT2D eigenvalue weighted by molar-refractivity contribution is 6.08. The number of carbonyl (C=O) groups is 2. The van der Waals surface area contributed by atoms with Crippen LogP contribution in [0.15, 0.2) is 35.9 Å². The zero-order valence-electron chi connectivity index (χ0n) is 9.19. The van der Waals surface area contributed by atoms with Gasteiger partial charge in [-0.1, -0.05) is 12.1 Å². The second-order valence-electron chi connectivity index (χ2n) is 4.04. The lowest BCUT2D eigenvalue weighted by Gasteiger charge is -2.18. The monoisotopic (exact) mass is 216 g/mol. The number of hydrogen-bond acceptors (Lipinski definition) is 3. The van der Waals surface area contributed by atoms with Crippen molar-refractivity contribution in [2.24, 2.45) is 0 Å². The Morgan fingerprint density at radius 3 is 2.69 bits per heavy atom. The lowest BCUT2D eigenvalue weighted by atomic mass is 9.95. The molecule has 1 aromatic carbocycles. The molecule has 2 rings (SSSR count). The van der Waals surface area contributed by atoms with Gasteiger partial charge in [-0.2, -0.15) is 0 Å². The Morgan fingerprint density at radius 1 is 1.38 bits per heavy atom. The van der Waals surface area contributed by atoms with Crippen LogP contribution < -0.4 is 4.74 Å². The van der Waals surface area contributed by atoms with E-state index in [1.807, 2.05) is 6.07 Å². The summed E-state index contributed by atoms with van der Waals surface area (Å²) in [6, 6.07) is 7.09. The number of para-hydroxylation sites is 1. The van der Waals surface area contributed by atoms with Gasteiger partial charge < -0.3 is 4.74 Å². The lowest BCUT2D eigenvalue weighted by Crippen LogP contribution is -2.34. The molecule has 0 aliphatic carbocycles. The van der Waals surface area contributed by atoms with Gasteiger partial charge in [-0.05, 0) is 37.6 Å². The van der Waals surface area contributed by atoms with Crippen LogP contribution in [-0.4, -0.2) is 17.7 Å². The SMILES string of the molecule is C/C(C=O)=C\C1(C)Oc2ccccc2C1=O. The minimum atomic E-state index is -1.05. The smallest absolute Gasteiger partial charge is 0.213 e. The van der Waals surface area contributed by atoms with E-state index in [-0.39, 0.29) is 5.78 Å². The lowest BCUT2D eigenvalue weighted by molar-refractivity contribution is -0.104. The minimum Gasteiger partial charge on any atom is -0.474 e. The van der Waals surface area contributed by atoms with E-state index in [1.165, 1.54) is 0 Å². The largest absolute Gasteiger partial charge is 0.474 e. The van der Waals surface area contributed by atoms with Crippen LogP contribution >= 0.6 is 0 Å². The second kappa shape index (κ2) is 3.59. The van der Waals surface area contributed by atoms with Gasteiger partial charge in [0.1, 0.15) is 12.0 Å². The highest BCUT2D eigenvalue weighted by atomic mass is 16.5. The maximum absolute atomic E-state index is 12.1. The van der Waals surface area contributed by atoms with E-state index in [1.54, 1.807) is 38.1 Å². The standard InChI is InChI=1S/C13H12O3/c1-9(8-14)7-13(2)12(15)10-5-3-4-6-11(10)16-13/h3-8H,1-2H3/b9-7+. The molecule has 82 valence electrons. The van der Waals surface area contributed by atoms with Crippen molar-refractivity contribution in [2.45, 2.75) is 19.4 Å². The normalized spacial score (nSPS) is 23.9. The fourth-order valence-corrected chi connectivity index (χ4v) is 1.85. The van der Waals surface area contributed by atoms with E-state index in [0.29, 0.717) is 23.2 Å². The molecule has 1 aliphatic heterocycles. The van der Waals surface area contributed by atoms with Crippen LogP contribution in [-0.2, 0) is 4.79 Å². The first-order valence-corrected chi connectivity index (χ1v) is 5.04. The third kappa shape index (κ3) is 1.54. The third-order valence-corrected chi connectivity index (χ3v) is 2.59. The highest BCUT2D eigenvalue weighted by Gasteiger charge is 2.41. The molecule has 0 N–H and O–H groups in total. The average Bonchev–Trinajstić information content (AvgIpc) is 2.52. The summed E-state index contributed by atoms with van der Waals surface area (Å²) in [7, 11) is 0. The molecule has 0 saturated heterocycles. The number of hydrogen-bond donors (Lipinski definition) is 0. The van der Waals surface area contributed by atoms with E-state index < -0.39 is 5.60 Å². The predicted octanol–water partition coefficient (Wildman–Crippen LogP) is 2.17. The van der Waals surface area contributed by atoms with E-state index in [2.05, 4.69) is 0 Å². The van der Waals surface area contributed by atoms with E-state index in [9.17, 15) is 9.59 Å². The predicted molar refractivity (Wildman–Crippen MR) is 59.6 cm³/mol. The van der Waals surface area contributed by atoms with Crippen molar-refractivity contribution in [1.29, 1.82) is 0 Å². The second-order valence-corrected chi connectivity index (χ2v) is 4.04. The Labute approximate surface area is 93.7 Å². The van der Waals surface area contributed by atoms with Gasteiger partial charge >= 0.3 is 0 Å². The molecule has 1 unspecified atom stereocenters. The van der Waals surface area contributed by atoms with E-state index in [4.69, 9.17) is 4.74 Å². The zero-order valence-corrected chi connectivity index (χ0v) is 9.19. The molecule has 16 heavy (non-hydrogen) atoms. The van der Waals surface area contributed by atoms with Gasteiger partial charge in [-0.25, -0.2) is 0 Å². The molecule has 1 aromatic rings. The van der Waals surface area contributed by atoms with Crippen LogP contribution in [0.2, 0.25) is 0 Å². The van der Waals surface area contributed by atoms with Crippen molar-refractivity contribution in [3.63, 3.8) is 0 Å². The molecular formula is C13H12O3. The van der Waals surface area contributed by atoms with Gasteiger partial charge in [0.05, 0.1) is 5.56 Å². The topological polar surface area (TPSA) is 43.4 Å². The molecular weight excluding hydrogens is 204 g/mol. The van der Waals surface area contributed by atoms with Crippen LogP contribution in [0.1, 0.15) is 24.2 Å². The zero-order chi connectivity index (χ0) is 11.8. The fourth-order valence-electron chi connectivity index (χ4n) is 1.85. The number of aldehydes is 1. The number of allylic oxidation sites excluding steroid dienone is 1. The van der Waals surface area contributed by atoms with Gasteiger partial charge in [-0.3, -0.25) is 9.59 Å². The summed E-state index contributed by atoms with van der Waals surface area (Å²) >= 11 is 0. The fraction of sp³-hybridized carbons (Fsp3) is 0.231. The number of fused-ring (bicyclic) bond motifs is 1. The van der Waals surface area contributed by atoms with Crippen molar-refractivity contribution < 1.29 is 14.3 Å². The van der Waals surface area contributed by atoms with Gasteiger partial charge in [0.2, 0.25) is 5.78 Å². The Bertz CT molecular complexity index is 488. The summed E-state index contributed by atoms with van der Waals surface area (Å²) in [5.41, 5.74) is 0.0119. The molecule has 0 fully saturated rings. The summed E-state index contributed by atoms with van der Waals surface area (Å²) in [4.78, 5) is 22.7. The van der Waals surface area contributed by atoms with Gasteiger partial charge in [0.15, 0.2) is 5.60 Å². The Balaban J connectivity index is 2.44.